The van der Waals surface area contributed by atoms with E-state index in [1.54, 1.807) is 30.3 Å². The standard InChI is InChI=1S/C24H20N2O2/c1-28-21-12-7-10-19(16-21)24(27)26(23-14-4-5-15-25-23)17-20-11-6-9-18-8-2-3-13-22(18)20/h2-16H,17H2,1H3. The first kappa shape index (κ1) is 17.7. The minimum Gasteiger partial charge on any atom is -0.497 e. The van der Waals surface area contributed by atoms with Crippen molar-refractivity contribution in [2.45, 2.75) is 6.54 Å². The third-order valence-corrected chi connectivity index (χ3v) is 4.70. The Balaban J connectivity index is 1.77. The van der Waals surface area contributed by atoms with Crippen molar-refractivity contribution in [3.05, 3.63) is 102 Å². The molecule has 4 aromatic rings. The van der Waals surface area contributed by atoms with E-state index in [2.05, 4.69) is 29.2 Å². The molecule has 4 rings (SSSR count). The Hall–Kier alpha value is -3.66. The maximum Gasteiger partial charge on any atom is 0.259 e. The number of carbonyl (C=O) groups is 1. The number of fused-ring (bicyclic) bond motifs is 1. The molecule has 0 saturated heterocycles. The number of ether oxygens (including phenoxy) is 1. The molecule has 1 amide bonds. The van der Waals surface area contributed by atoms with Gasteiger partial charge >= 0.3 is 0 Å². The largest absolute Gasteiger partial charge is 0.497 e. The highest BCUT2D eigenvalue weighted by Gasteiger charge is 2.20. The predicted octanol–water partition coefficient (Wildman–Crippen LogP) is 5.09. The zero-order chi connectivity index (χ0) is 19.3. The Morgan fingerprint density at radius 1 is 0.929 bits per heavy atom. The summed E-state index contributed by atoms with van der Waals surface area (Å²) >= 11 is 0. The van der Waals surface area contributed by atoms with Crippen LogP contribution in [0.3, 0.4) is 0 Å². The molecular formula is C24H20N2O2. The normalized spacial score (nSPS) is 10.6. The lowest BCUT2D eigenvalue weighted by Gasteiger charge is -2.23. The molecule has 1 aromatic heterocycles. The number of rotatable bonds is 5. The van der Waals surface area contributed by atoms with Crippen LogP contribution < -0.4 is 9.64 Å². The zero-order valence-corrected chi connectivity index (χ0v) is 15.6. The molecule has 0 saturated carbocycles. The third kappa shape index (κ3) is 3.58. The summed E-state index contributed by atoms with van der Waals surface area (Å²) in [6.07, 6.45) is 1.70. The summed E-state index contributed by atoms with van der Waals surface area (Å²) in [5.74, 6) is 1.14. The van der Waals surface area contributed by atoms with Crippen LogP contribution in [0, 0.1) is 0 Å². The molecule has 0 aliphatic carbocycles. The van der Waals surface area contributed by atoms with Gasteiger partial charge in [-0.1, -0.05) is 54.6 Å². The van der Waals surface area contributed by atoms with Crippen LogP contribution in [0.1, 0.15) is 15.9 Å². The van der Waals surface area contributed by atoms with Gasteiger partial charge in [0.15, 0.2) is 0 Å². The number of hydrogen-bond donors (Lipinski definition) is 0. The van der Waals surface area contributed by atoms with E-state index in [4.69, 9.17) is 4.74 Å². The van der Waals surface area contributed by atoms with E-state index in [1.165, 1.54) is 0 Å². The molecule has 0 spiro atoms. The van der Waals surface area contributed by atoms with Gasteiger partial charge in [0, 0.05) is 11.8 Å². The monoisotopic (exact) mass is 368 g/mol. The van der Waals surface area contributed by atoms with Gasteiger partial charge in [0.25, 0.3) is 5.91 Å². The highest BCUT2D eigenvalue weighted by molar-refractivity contribution is 6.06. The van der Waals surface area contributed by atoms with Crippen molar-refractivity contribution in [3.8, 4) is 5.75 Å². The molecular weight excluding hydrogens is 348 g/mol. The van der Waals surface area contributed by atoms with Crippen LogP contribution in [0.4, 0.5) is 5.82 Å². The molecule has 4 nitrogen and oxygen atoms in total. The second-order valence-electron chi connectivity index (χ2n) is 6.45. The Morgan fingerprint density at radius 3 is 2.54 bits per heavy atom. The Kier molecular flexibility index (Phi) is 5.02. The van der Waals surface area contributed by atoms with E-state index in [0.29, 0.717) is 23.7 Å². The number of nitrogens with zero attached hydrogens (tertiary/aromatic N) is 2. The van der Waals surface area contributed by atoms with Crippen molar-refractivity contribution in [3.63, 3.8) is 0 Å². The lowest BCUT2D eigenvalue weighted by molar-refractivity contribution is 0.0984. The van der Waals surface area contributed by atoms with Gasteiger partial charge in [-0.05, 0) is 46.7 Å². The van der Waals surface area contributed by atoms with Crippen molar-refractivity contribution in [1.82, 2.24) is 4.98 Å². The molecule has 0 aliphatic rings. The third-order valence-electron chi connectivity index (χ3n) is 4.70. The van der Waals surface area contributed by atoms with Gasteiger partial charge in [-0.15, -0.1) is 0 Å². The van der Waals surface area contributed by atoms with E-state index < -0.39 is 0 Å². The first-order valence-electron chi connectivity index (χ1n) is 9.10. The molecule has 0 bridgehead atoms. The fourth-order valence-electron chi connectivity index (χ4n) is 3.28. The van der Waals surface area contributed by atoms with Crippen molar-refractivity contribution in [2.24, 2.45) is 0 Å². The quantitative estimate of drug-likeness (QED) is 0.493. The number of anilines is 1. The topological polar surface area (TPSA) is 42.4 Å². The van der Waals surface area contributed by atoms with Crippen LogP contribution in [0.2, 0.25) is 0 Å². The summed E-state index contributed by atoms with van der Waals surface area (Å²) in [6.45, 7) is 0.425. The molecule has 3 aromatic carbocycles. The first-order chi connectivity index (χ1) is 13.8. The highest BCUT2D eigenvalue weighted by atomic mass is 16.5. The smallest absolute Gasteiger partial charge is 0.259 e. The van der Waals surface area contributed by atoms with Crippen LogP contribution in [0.5, 0.6) is 5.75 Å². The SMILES string of the molecule is COc1cccc(C(=O)N(Cc2cccc3ccccc23)c2ccccn2)c1. The fraction of sp³-hybridized carbons (Fsp3) is 0.0833. The second kappa shape index (κ2) is 7.92. The van der Waals surface area contributed by atoms with E-state index in [0.717, 1.165) is 16.3 Å². The van der Waals surface area contributed by atoms with Crippen molar-refractivity contribution in [1.29, 1.82) is 0 Å². The zero-order valence-electron chi connectivity index (χ0n) is 15.6. The average Bonchev–Trinajstić information content (AvgIpc) is 2.77. The van der Waals surface area contributed by atoms with Gasteiger partial charge in [-0.3, -0.25) is 9.69 Å². The maximum absolute atomic E-state index is 13.4. The Bertz CT molecular complexity index is 1100. The van der Waals surface area contributed by atoms with E-state index >= 15 is 0 Å². The molecule has 4 heteroatoms. The number of pyridine rings is 1. The second-order valence-corrected chi connectivity index (χ2v) is 6.45. The van der Waals surface area contributed by atoms with E-state index in [9.17, 15) is 4.79 Å². The maximum atomic E-state index is 13.4. The Labute approximate surface area is 164 Å². The lowest BCUT2D eigenvalue weighted by atomic mass is 10.0. The molecule has 0 aliphatic heterocycles. The van der Waals surface area contributed by atoms with Crippen LogP contribution in [-0.2, 0) is 6.54 Å². The number of aromatic nitrogens is 1. The average molecular weight is 368 g/mol. The summed E-state index contributed by atoms with van der Waals surface area (Å²) in [5.41, 5.74) is 1.63. The van der Waals surface area contributed by atoms with Gasteiger partial charge in [-0.2, -0.15) is 0 Å². The van der Waals surface area contributed by atoms with E-state index in [1.807, 2.05) is 48.5 Å². The summed E-state index contributed by atoms with van der Waals surface area (Å²) in [7, 11) is 1.59. The molecule has 0 N–H and O–H groups in total. The van der Waals surface area contributed by atoms with Crippen molar-refractivity contribution in [2.75, 3.05) is 12.0 Å². The number of hydrogen-bond acceptors (Lipinski definition) is 3. The van der Waals surface area contributed by atoms with E-state index in [-0.39, 0.29) is 5.91 Å². The lowest BCUT2D eigenvalue weighted by Crippen LogP contribution is -2.31. The first-order valence-corrected chi connectivity index (χ1v) is 9.10. The number of amides is 1. The predicted molar refractivity (Wildman–Crippen MR) is 112 cm³/mol. The van der Waals surface area contributed by atoms with Gasteiger partial charge in [-0.25, -0.2) is 4.98 Å². The van der Waals surface area contributed by atoms with Crippen LogP contribution in [-0.4, -0.2) is 18.0 Å². The molecule has 0 fully saturated rings. The Morgan fingerprint density at radius 2 is 1.71 bits per heavy atom. The van der Waals surface area contributed by atoms with Crippen LogP contribution in [0.15, 0.2) is 91.1 Å². The highest BCUT2D eigenvalue weighted by Crippen LogP contribution is 2.24. The summed E-state index contributed by atoms with van der Waals surface area (Å²) < 4.78 is 5.28. The molecule has 0 atom stereocenters. The number of benzene rings is 3. The minimum atomic E-state index is -0.120. The summed E-state index contributed by atoms with van der Waals surface area (Å²) in [4.78, 5) is 19.5. The molecule has 138 valence electrons. The van der Waals surface area contributed by atoms with Crippen molar-refractivity contribution < 1.29 is 9.53 Å². The number of carbonyl (C=O) groups excluding carboxylic acids is 1. The number of methoxy groups -OCH3 is 1. The summed E-state index contributed by atoms with van der Waals surface area (Å²) in [5, 5.41) is 2.28. The van der Waals surface area contributed by atoms with Gasteiger partial charge < -0.3 is 4.74 Å². The summed E-state index contributed by atoms with van der Waals surface area (Å²) in [6, 6.07) is 27.1. The van der Waals surface area contributed by atoms with Crippen LogP contribution in [0.25, 0.3) is 10.8 Å². The molecule has 1 heterocycles. The van der Waals surface area contributed by atoms with Crippen molar-refractivity contribution >= 4 is 22.5 Å². The fourth-order valence-corrected chi connectivity index (χ4v) is 3.28. The van der Waals surface area contributed by atoms with Crippen LogP contribution >= 0.6 is 0 Å². The van der Waals surface area contributed by atoms with Gasteiger partial charge in [0.05, 0.1) is 13.7 Å². The molecule has 28 heavy (non-hydrogen) atoms. The minimum absolute atomic E-state index is 0.120. The molecule has 0 unspecified atom stereocenters. The van der Waals surface area contributed by atoms with Gasteiger partial charge in [0.1, 0.15) is 11.6 Å². The van der Waals surface area contributed by atoms with Gasteiger partial charge in [0.2, 0.25) is 0 Å². The molecule has 0 radical (unpaired) electrons.